The van der Waals surface area contributed by atoms with E-state index >= 15 is 0 Å². The molecule has 1 aliphatic carbocycles. The largest absolute Gasteiger partial charge is 0.494 e. The van der Waals surface area contributed by atoms with Crippen LogP contribution in [-0.2, 0) is 35.2 Å². The number of nitrogens with one attached hydrogen (secondary N) is 2. The van der Waals surface area contributed by atoms with Crippen molar-refractivity contribution in [3.8, 4) is 5.75 Å². The van der Waals surface area contributed by atoms with E-state index in [1.165, 1.54) is 11.3 Å². The van der Waals surface area contributed by atoms with E-state index in [4.69, 9.17) is 15.2 Å². The van der Waals surface area contributed by atoms with Gasteiger partial charge in [-0.15, -0.1) is 11.3 Å². The van der Waals surface area contributed by atoms with Gasteiger partial charge in [0.2, 0.25) is 5.91 Å². The van der Waals surface area contributed by atoms with Gasteiger partial charge in [-0.3, -0.25) is 9.78 Å². The number of carbonyl (C=O) groups is 2. The average Bonchev–Trinajstić information content (AvgIpc) is 3.22. The number of fused-ring (bicyclic) bond motifs is 1. The summed E-state index contributed by atoms with van der Waals surface area (Å²) >= 11 is 1.53. The zero-order valence-corrected chi connectivity index (χ0v) is 21.9. The van der Waals surface area contributed by atoms with Crippen molar-refractivity contribution >= 4 is 34.0 Å². The number of amides is 2. The van der Waals surface area contributed by atoms with Crippen LogP contribution in [0, 0.1) is 5.92 Å². The van der Waals surface area contributed by atoms with Crippen LogP contribution in [0.4, 0.5) is 15.5 Å². The van der Waals surface area contributed by atoms with Crippen LogP contribution in [0.3, 0.4) is 0 Å². The molecule has 1 aromatic carbocycles. The first-order valence-corrected chi connectivity index (χ1v) is 13.5. The summed E-state index contributed by atoms with van der Waals surface area (Å²) in [4.78, 5) is 30.0. The molecule has 2 amide bonds. The Morgan fingerprint density at radius 1 is 1.19 bits per heavy atom. The summed E-state index contributed by atoms with van der Waals surface area (Å²) < 4.78 is 11.1. The number of alkyl carbamates (subject to hydrolysis) is 1. The first-order valence-electron chi connectivity index (χ1n) is 12.7. The van der Waals surface area contributed by atoms with Gasteiger partial charge in [0, 0.05) is 30.2 Å². The summed E-state index contributed by atoms with van der Waals surface area (Å²) in [5.41, 5.74) is 10.2. The monoisotopic (exact) mass is 522 g/mol. The fourth-order valence-electron chi connectivity index (χ4n) is 4.46. The number of para-hydroxylation sites is 1. The summed E-state index contributed by atoms with van der Waals surface area (Å²) in [6.45, 7) is 3.39. The van der Waals surface area contributed by atoms with Gasteiger partial charge in [-0.1, -0.05) is 24.3 Å². The second-order valence-electron chi connectivity index (χ2n) is 9.08. The minimum atomic E-state index is -0.403. The van der Waals surface area contributed by atoms with E-state index < -0.39 is 6.09 Å². The van der Waals surface area contributed by atoms with E-state index in [2.05, 4.69) is 15.6 Å². The molecule has 4 rings (SSSR count). The molecule has 1 unspecified atom stereocenters. The molecular formula is C28H34N4O4S. The number of hydrogen-bond donors (Lipinski definition) is 3. The van der Waals surface area contributed by atoms with E-state index in [0.717, 1.165) is 46.6 Å². The highest BCUT2D eigenvalue weighted by Gasteiger charge is 2.26. The molecule has 0 aliphatic heterocycles. The highest BCUT2D eigenvalue weighted by Crippen LogP contribution is 2.41. The molecule has 196 valence electrons. The number of carbonyl (C=O) groups excluding carboxylic acids is 2. The number of hydrogen-bond acceptors (Lipinski definition) is 7. The van der Waals surface area contributed by atoms with Gasteiger partial charge in [-0.05, 0) is 73.8 Å². The second-order valence-corrected chi connectivity index (χ2v) is 10.2. The first-order chi connectivity index (χ1) is 18.0. The standard InChI is InChI=1S/C28H34N4O4S/c1-2-35-23-8-4-3-7-21(23)10-12-25(33)32-27-26(29)22-11-9-20(16-24(22)37-27)18-36-28(34)31-15-13-19-6-5-14-30-17-19/h3-8,14,17,20H,2,9-13,15-16,18,29H2,1H3,(H,31,34)(H,32,33). The lowest BCUT2D eigenvalue weighted by Gasteiger charge is -2.22. The maximum absolute atomic E-state index is 12.7. The molecule has 0 spiro atoms. The summed E-state index contributed by atoms with van der Waals surface area (Å²) in [7, 11) is 0. The third-order valence-electron chi connectivity index (χ3n) is 6.41. The number of nitrogens with two attached hydrogens (primary N) is 1. The summed E-state index contributed by atoms with van der Waals surface area (Å²) in [6.07, 6.45) is 7.24. The van der Waals surface area contributed by atoms with Gasteiger partial charge in [0.05, 0.1) is 18.9 Å². The van der Waals surface area contributed by atoms with Crippen molar-refractivity contribution in [1.82, 2.24) is 10.3 Å². The maximum atomic E-state index is 12.7. The molecule has 2 heterocycles. The number of ether oxygens (including phenoxy) is 2. The molecule has 1 atom stereocenters. The van der Waals surface area contributed by atoms with Crippen molar-refractivity contribution in [3.05, 3.63) is 70.4 Å². The molecule has 37 heavy (non-hydrogen) atoms. The third kappa shape index (κ3) is 7.45. The lowest BCUT2D eigenvalue weighted by Crippen LogP contribution is -2.29. The normalized spacial score (nSPS) is 14.5. The van der Waals surface area contributed by atoms with Crippen molar-refractivity contribution in [2.75, 3.05) is 30.8 Å². The minimum absolute atomic E-state index is 0.0700. The molecule has 4 N–H and O–H groups in total. The number of pyridine rings is 1. The number of aryl methyl sites for hydroxylation is 1. The van der Waals surface area contributed by atoms with Crippen LogP contribution in [0.15, 0.2) is 48.8 Å². The van der Waals surface area contributed by atoms with Crippen molar-refractivity contribution in [2.24, 2.45) is 5.92 Å². The van der Waals surface area contributed by atoms with Crippen LogP contribution < -0.4 is 21.1 Å². The summed E-state index contributed by atoms with van der Waals surface area (Å²) in [6, 6.07) is 11.6. The molecule has 0 saturated heterocycles. The zero-order chi connectivity index (χ0) is 26.0. The number of nitrogen functional groups attached to an aromatic ring is 1. The van der Waals surface area contributed by atoms with Crippen LogP contribution in [0.2, 0.25) is 0 Å². The zero-order valence-electron chi connectivity index (χ0n) is 21.1. The quantitative estimate of drug-likeness (QED) is 0.334. The predicted octanol–water partition coefficient (Wildman–Crippen LogP) is 4.77. The maximum Gasteiger partial charge on any atom is 0.407 e. The van der Waals surface area contributed by atoms with Crippen molar-refractivity contribution in [3.63, 3.8) is 0 Å². The smallest absolute Gasteiger partial charge is 0.407 e. The molecule has 0 fully saturated rings. The molecular weight excluding hydrogens is 488 g/mol. The van der Waals surface area contributed by atoms with Crippen molar-refractivity contribution < 1.29 is 19.1 Å². The Balaban J connectivity index is 1.23. The number of benzene rings is 1. The van der Waals surface area contributed by atoms with Crippen LogP contribution >= 0.6 is 11.3 Å². The Kier molecular flexibility index (Phi) is 9.37. The summed E-state index contributed by atoms with van der Waals surface area (Å²) in [5.74, 6) is 0.979. The highest BCUT2D eigenvalue weighted by atomic mass is 32.1. The van der Waals surface area contributed by atoms with E-state index in [1.54, 1.807) is 12.4 Å². The van der Waals surface area contributed by atoms with Crippen molar-refractivity contribution in [2.45, 2.75) is 45.4 Å². The molecule has 1 aliphatic rings. The Labute approximate surface area is 221 Å². The number of nitrogens with zero attached hydrogens (tertiary/aromatic N) is 1. The predicted molar refractivity (Wildman–Crippen MR) is 146 cm³/mol. The SMILES string of the molecule is CCOc1ccccc1CCC(=O)Nc1sc2c(c1N)CCC(COC(=O)NCCc1cccnc1)C2. The van der Waals surface area contributed by atoms with E-state index in [9.17, 15) is 9.59 Å². The van der Waals surface area contributed by atoms with Gasteiger partial charge in [-0.25, -0.2) is 4.79 Å². The Hall–Kier alpha value is -3.59. The Morgan fingerprint density at radius 2 is 2.05 bits per heavy atom. The fraction of sp³-hybridized carbons (Fsp3) is 0.393. The van der Waals surface area contributed by atoms with E-state index in [0.29, 0.717) is 49.7 Å². The molecule has 2 aromatic heterocycles. The number of rotatable bonds is 11. The Morgan fingerprint density at radius 3 is 2.86 bits per heavy atom. The van der Waals surface area contributed by atoms with E-state index in [-0.39, 0.29) is 11.8 Å². The fourth-order valence-corrected chi connectivity index (χ4v) is 5.76. The van der Waals surface area contributed by atoms with Crippen LogP contribution in [0.1, 0.15) is 41.3 Å². The summed E-state index contributed by atoms with van der Waals surface area (Å²) in [5, 5.41) is 6.51. The van der Waals surface area contributed by atoms with Crippen LogP contribution in [0.5, 0.6) is 5.75 Å². The average molecular weight is 523 g/mol. The Bertz CT molecular complexity index is 1200. The van der Waals surface area contributed by atoms with Gasteiger partial charge < -0.3 is 25.8 Å². The highest BCUT2D eigenvalue weighted by molar-refractivity contribution is 7.17. The van der Waals surface area contributed by atoms with Gasteiger partial charge in [0.15, 0.2) is 0 Å². The lowest BCUT2D eigenvalue weighted by atomic mass is 9.89. The topological polar surface area (TPSA) is 116 Å². The number of thiophene rings is 1. The number of anilines is 2. The van der Waals surface area contributed by atoms with Gasteiger partial charge in [0.1, 0.15) is 10.8 Å². The van der Waals surface area contributed by atoms with Gasteiger partial charge in [0.25, 0.3) is 0 Å². The van der Waals surface area contributed by atoms with Crippen molar-refractivity contribution in [1.29, 1.82) is 0 Å². The molecule has 3 aromatic rings. The van der Waals surface area contributed by atoms with Gasteiger partial charge in [-0.2, -0.15) is 0 Å². The van der Waals surface area contributed by atoms with Crippen LogP contribution in [-0.4, -0.2) is 36.7 Å². The van der Waals surface area contributed by atoms with E-state index in [1.807, 2.05) is 43.3 Å². The lowest BCUT2D eigenvalue weighted by molar-refractivity contribution is -0.116. The molecule has 9 heteroatoms. The third-order valence-corrected chi connectivity index (χ3v) is 7.60. The molecule has 0 saturated carbocycles. The first kappa shape index (κ1) is 26.5. The second kappa shape index (κ2) is 13.1. The molecule has 0 radical (unpaired) electrons. The van der Waals surface area contributed by atoms with Gasteiger partial charge >= 0.3 is 6.09 Å². The number of aromatic nitrogens is 1. The molecule has 8 nitrogen and oxygen atoms in total. The molecule has 0 bridgehead atoms. The minimum Gasteiger partial charge on any atom is -0.494 e. The van der Waals surface area contributed by atoms with Crippen LogP contribution in [0.25, 0.3) is 0 Å².